The van der Waals surface area contributed by atoms with Crippen molar-refractivity contribution in [2.24, 2.45) is 0 Å². The number of hydrogen-bond donors (Lipinski definition) is 0. The average molecular weight is 248 g/mol. The molecule has 0 radical (unpaired) electrons. The van der Waals surface area contributed by atoms with Gasteiger partial charge in [0.25, 0.3) is 0 Å². The van der Waals surface area contributed by atoms with Crippen LogP contribution in [0.1, 0.15) is 11.3 Å². The number of hydrogen-bond acceptors (Lipinski definition) is 2. The van der Waals surface area contributed by atoms with E-state index in [1.807, 2.05) is 66.7 Å². The lowest BCUT2D eigenvalue weighted by molar-refractivity contribution is 0.510. The number of rotatable bonds is 2. The van der Waals surface area contributed by atoms with Gasteiger partial charge in [-0.1, -0.05) is 54.6 Å². The van der Waals surface area contributed by atoms with Gasteiger partial charge in [-0.25, -0.2) is 4.79 Å². The smallest absolute Gasteiger partial charge is 0.344 e. The van der Waals surface area contributed by atoms with Gasteiger partial charge in [-0.2, -0.15) is 0 Å². The van der Waals surface area contributed by atoms with Gasteiger partial charge in [0.1, 0.15) is 5.76 Å². The molecule has 1 heterocycles. The van der Waals surface area contributed by atoms with E-state index in [0.29, 0.717) is 11.1 Å². The second kappa shape index (κ2) is 4.94. The van der Waals surface area contributed by atoms with Gasteiger partial charge in [-0.15, -0.1) is 0 Å². The normalized spacial score (nSPS) is 11.2. The van der Waals surface area contributed by atoms with Crippen LogP contribution in [0.25, 0.3) is 22.9 Å². The molecule has 3 aromatic rings. The molecule has 0 N–H and O–H groups in total. The zero-order valence-electron chi connectivity index (χ0n) is 10.2. The Hall–Kier alpha value is -2.61. The van der Waals surface area contributed by atoms with E-state index in [0.717, 1.165) is 10.9 Å². The lowest BCUT2D eigenvalue weighted by atomic mass is 10.1. The summed E-state index contributed by atoms with van der Waals surface area (Å²) in [5.74, 6) is 0.563. The lowest BCUT2D eigenvalue weighted by Crippen LogP contribution is -1.99. The molecule has 2 nitrogen and oxygen atoms in total. The van der Waals surface area contributed by atoms with Crippen molar-refractivity contribution in [2.75, 3.05) is 0 Å². The Labute approximate surface area is 110 Å². The van der Waals surface area contributed by atoms with E-state index in [-0.39, 0.29) is 5.63 Å². The van der Waals surface area contributed by atoms with E-state index < -0.39 is 0 Å². The third-order valence-electron chi connectivity index (χ3n) is 2.93. The highest BCUT2D eigenvalue weighted by Crippen LogP contribution is 2.13. The van der Waals surface area contributed by atoms with Crippen LogP contribution in [0.4, 0.5) is 0 Å². The standard InChI is InChI=1S/C17H12O2/c18-17-16-9-5-4-8-14(16)12-15(19-17)11-10-13-6-2-1-3-7-13/h1-12H/b11-10+. The molecule has 0 aliphatic heterocycles. The Balaban J connectivity index is 2.02. The molecule has 19 heavy (non-hydrogen) atoms. The minimum absolute atomic E-state index is 0.300. The van der Waals surface area contributed by atoms with Gasteiger partial charge in [0.15, 0.2) is 0 Å². The predicted octanol–water partition coefficient (Wildman–Crippen LogP) is 3.96. The van der Waals surface area contributed by atoms with Crippen LogP contribution < -0.4 is 5.63 Å². The second-order valence-electron chi connectivity index (χ2n) is 4.27. The van der Waals surface area contributed by atoms with Gasteiger partial charge in [0, 0.05) is 0 Å². The maximum absolute atomic E-state index is 11.8. The SMILES string of the molecule is O=c1oc(/C=C/c2ccccc2)cc2ccccc12. The molecule has 0 unspecified atom stereocenters. The van der Waals surface area contributed by atoms with E-state index in [2.05, 4.69) is 0 Å². The average Bonchev–Trinajstić information content (AvgIpc) is 2.46. The van der Waals surface area contributed by atoms with E-state index >= 15 is 0 Å². The van der Waals surface area contributed by atoms with Crippen molar-refractivity contribution in [2.45, 2.75) is 0 Å². The van der Waals surface area contributed by atoms with Crippen molar-refractivity contribution in [3.05, 3.63) is 82.4 Å². The third kappa shape index (κ3) is 2.47. The Morgan fingerprint density at radius 1 is 0.842 bits per heavy atom. The number of benzene rings is 2. The number of fused-ring (bicyclic) bond motifs is 1. The van der Waals surface area contributed by atoms with Crippen LogP contribution in [0.2, 0.25) is 0 Å². The van der Waals surface area contributed by atoms with Crippen molar-refractivity contribution in [3.63, 3.8) is 0 Å². The van der Waals surface area contributed by atoms with Crippen molar-refractivity contribution in [3.8, 4) is 0 Å². The summed E-state index contributed by atoms with van der Waals surface area (Å²) >= 11 is 0. The highest BCUT2D eigenvalue weighted by Gasteiger charge is 2.01. The molecule has 0 aliphatic rings. The first-order valence-electron chi connectivity index (χ1n) is 6.09. The first-order chi connectivity index (χ1) is 9.33. The molecule has 0 aliphatic carbocycles. The van der Waals surface area contributed by atoms with Crippen molar-refractivity contribution >= 4 is 22.9 Å². The van der Waals surface area contributed by atoms with E-state index in [1.54, 1.807) is 6.07 Å². The Bertz CT molecular complexity index is 783. The van der Waals surface area contributed by atoms with Crippen LogP contribution in [0.3, 0.4) is 0 Å². The minimum atomic E-state index is -0.300. The zero-order valence-corrected chi connectivity index (χ0v) is 10.2. The summed E-state index contributed by atoms with van der Waals surface area (Å²) in [6.45, 7) is 0. The van der Waals surface area contributed by atoms with Gasteiger partial charge in [-0.3, -0.25) is 0 Å². The van der Waals surface area contributed by atoms with Gasteiger partial charge in [0.05, 0.1) is 5.39 Å². The molecule has 92 valence electrons. The molecular weight excluding hydrogens is 236 g/mol. The topological polar surface area (TPSA) is 30.2 Å². The molecule has 0 fully saturated rings. The van der Waals surface area contributed by atoms with Gasteiger partial charge >= 0.3 is 5.63 Å². The first kappa shape index (κ1) is 11.5. The first-order valence-corrected chi connectivity index (χ1v) is 6.09. The van der Waals surface area contributed by atoms with Gasteiger partial charge in [0.2, 0.25) is 0 Å². The molecule has 3 rings (SSSR count). The van der Waals surface area contributed by atoms with E-state index in [4.69, 9.17) is 4.42 Å². The van der Waals surface area contributed by atoms with Crippen molar-refractivity contribution in [1.82, 2.24) is 0 Å². The molecule has 0 saturated heterocycles. The summed E-state index contributed by atoms with van der Waals surface area (Å²) in [6, 6.07) is 19.2. The molecule has 0 saturated carbocycles. The van der Waals surface area contributed by atoms with E-state index in [9.17, 15) is 4.79 Å². The molecule has 0 atom stereocenters. The van der Waals surface area contributed by atoms with Crippen molar-refractivity contribution in [1.29, 1.82) is 0 Å². The molecule has 0 amide bonds. The molecule has 2 aromatic carbocycles. The molecule has 2 heteroatoms. The largest absolute Gasteiger partial charge is 0.423 e. The minimum Gasteiger partial charge on any atom is -0.423 e. The van der Waals surface area contributed by atoms with Crippen LogP contribution in [0.15, 0.2) is 69.9 Å². The molecule has 0 bridgehead atoms. The summed E-state index contributed by atoms with van der Waals surface area (Å²) in [6.07, 6.45) is 3.73. The molecule has 1 aromatic heterocycles. The van der Waals surface area contributed by atoms with Crippen LogP contribution in [0.5, 0.6) is 0 Å². The Kier molecular flexibility index (Phi) is 2.99. The highest BCUT2D eigenvalue weighted by molar-refractivity contribution is 5.83. The van der Waals surface area contributed by atoms with Crippen molar-refractivity contribution < 1.29 is 4.42 Å². The lowest BCUT2D eigenvalue weighted by Gasteiger charge is -1.97. The fraction of sp³-hybridized carbons (Fsp3) is 0. The molecule has 0 spiro atoms. The highest BCUT2D eigenvalue weighted by atomic mass is 16.4. The van der Waals surface area contributed by atoms with Crippen LogP contribution in [0, 0.1) is 0 Å². The Morgan fingerprint density at radius 3 is 2.42 bits per heavy atom. The van der Waals surface area contributed by atoms with E-state index in [1.165, 1.54) is 0 Å². The fourth-order valence-corrected chi connectivity index (χ4v) is 1.98. The monoisotopic (exact) mass is 248 g/mol. The Morgan fingerprint density at radius 2 is 1.58 bits per heavy atom. The summed E-state index contributed by atoms with van der Waals surface area (Å²) in [7, 11) is 0. The maximum atomic E-state index is 11.8. The zero-order chi connectivity index (χ0) is 13.1. The fourth-order valence-electron chi connectivity index (χ4n) is 1.98. The summed E-state index contributed by atoms with van der Waals surface area (Å²) in [5, 5.41) is 1.51. The summed E-state index contributed by atoms with van der Waals surface area (Å²) < 4.78 is 5.27. The van der Waals surface area contributed by atoms with Gasteiger partial charge in [-0.05, 0) is 29.2 Å². The van der Waals surface area contributed by atoms with Crippen LogP contribution >= 0.6 is 0 Å². The van der Waals surface area contributed by atoms with Crippen LogP contribution in [-0.2, 0) is 0 Å². The van der Waals surface area contributed by atoms with Gasteiger partial charge < -0.3 is 4.42 Å². The second-order valence-corrected chi connectivity index (χ2v) is 4.27. The molecular formula is C17H12O2. The summed E-state index contributed by atoms with van der Waals surface area (Å²) in [4.78, 5) is 11.8. The third-order valence-corrected chi connectivity index (χ3v) is 2.93. The summed E-state index contributed by atoms with van der Waals surface area (Å²) in [5.41, 5.74) is 0.768. The maximum Gasteiger partial charge on any atom is 0.344 e. The van der Waals surface area contributed by atoms with Crippen LogP contribution in [-0.4, -0.2) is 0 Å². The predicted molar refractivity (Wildman–Crippen MR) is 77.9 cm³/mol. The quantitative estimate of drug-likeness (QED) is 0.687.